The number of hydrogen-bond donors (Lipinski definition) is 0. The normalized spacial score (nSPS) is 11.6. The first-order chi connectivity index (χ1) is 29.7. The van der Waals surface area contributed by atoms with Crippen LogP contribution in [0.3, 0.4) is 0 Å². The van der Waals surface area contributed by atoms with Crippen LogP contribution in [0.25, 0.3) is 6.08 Å². The lowest BCUT2D eigenvalue weighted by atomic mass is 10.0. The second-order valence-electron chi connectivity index (χ2n) is 13.6. The van der Waals surface area contributed by atoms with Crippen LogP contribution in [0.2, 0.25) is 15.1 Å². The van der Waals surface area contributed by atoms with Crippen molar-refractivity contribution >= 4 is 93.8 Å². The summed E-state index contributed by atoms with van der Waals surface area (Å²) in [6.07, 6.45) is 1.28. The summed E-state index contributed by atoms with van der Waals surface area (Å²) in [5.41, 5.74) is 2.69. The van der Waals surface area contributed by atoms with Crippen LogP contribution < -0.4 is 0 Å². The van der Waals surface area contributed by atoms with Gasteiger partial charge in [-0.05, 0) is 59.2 Å². The Morgan fingerprint density at radius 3 is 1.32 bits per heavy atom. The summed E-state index contributed by atoms with van der Waals surface area (Å²) in [6.45, 7) is 0. The van der Waals surface area contributed by atoms with Gasteiger partial charge in [-0.15, -0.1) is 0 Å². The fraction of sp³-hybridized carbons (Fsp3) is 0.0408. The molecule has 0 spiro atoms. The van der Waals surface area contributed by atoms with Crippen LogP contribution in [-0.4, -0.2) is 34.2 Å². The highest BCUT2D eigenvalue weighted by atomic mass is 79.9. The van der Waals surface area contributed by atoms with Crippen molar-refractivity contribution in [2.45, 2.75) is 27.5 Å². The maximum absolute atomic E-state index is 13.6. The third-order valence-electron chi connectivity index (χ3n) is 9.40. The van der Waals surface area contributed by atoms with Gasteiger partial charge in [-0.25, -0.2) is 16.8 Å². The summed E-state index contributed by atoms with van der Waals surface area (Å²) < 4.78 is 54.5. The maximum Gasteiger partial charge on any atom is 0.211 e. The Balaban J connectivity index is 0.000000214. The van der Waals surface area contributed by atoms with Crippen LogP contribution in [0, 0.1) is 0 Å². The summed E-state index contributed by atoms with van der Waals surface area (Å²) in [5, 5.41) is 0.0114. The predicted molar refractivity (Wildman–Crippen MR) is 249 cm³/mol. The summed E-state index contributed by atoms with van der Waals surface area (Å²) in [4.78, 5) is 37.6. The van der Waals surface area contributed by atoms with E-state index in [0.717, 1.165) is 4.47 Å². The molecule has 7 nitrogen and oxygen atoms in total. The Labute approximate surface area is 383 Å². The number of rotatable bonds is 13. The molecule has 0 saturated heterocycles. The molecule has 0 aliphatic heterocycles. The van der Waals surface area contributed by atoms with E-state index in [1.54, 1.807) is 140 Å². The van der Waals surface area contributed by atoms with E-state index in [0.29, 0.717) is 27.8 Å². The van der Waals surface area contributed by atoms with Gasteiger partial charge < -0.3 is 0 Å². The van der Waals surface area contributed by atoms with E-state index in [9.17, 15) is 31.2 Å². The molecule has 0 amide bonds. The number of Topliss-reactive ketones (excluding diaryl/α,β-unsaturated/α-hetero) is 3. The minimum Gasteiger partial charge on any atom is -0.294 e. The number of carbonyl (C=O) groups excluding carboxylic acids is 3. The number of hydrogen-bond acceptors (Lipinski definition) is 7. The number of halogens is 4. The second kappa shape index (κ2) is 20.6. The molecule has 0 aromatic heterocycles. The fourth-order valence-corrected chi connectivity index (χ4v) is 10.9. The molecule has 0 aliphatic carbocycles. The third-order valence-corrected chi connectivity index (χ3v) is 15.1. The highest BCUT2D eigenvalue weighted by Gasteiger charge is 2.30. The molecule has 0 unspecified atom stereocenters. The number of carbonyl (C=O) groups is 3. The SMILES string of the molecule is O=C(C(=Cc1ccc(Br)cc1)S(=O)(=O)c1ccccc1Cl)c1ccccc1.O=C(Cc1cccc(S(=O)(=O)c2cccc(CC(=O)c3ccccc3)c2Cl)c1Cl)c1ccccc1. The van der Waals surface area contributed by atoms with Crippen molar-refractivity contribution < 1.29 is 31.2 Å². The molecular weight excluding hydrogens is 951 g/mol. The monoisotopic (exact) mass is 982 g/mol. The first-order valence-corrected chi connectivity index (χ1v) is 23.6. The van der Waals surface area contributed by atoms with Gasteiger partial charge in [0.1, 0.15) is 4.91 Å². The standard InChI is InChI=1S/C28H20Cl2O4S.C21H14BrClO3S/c29-27-21(17-23(31)19-9-3-1-4-10-19)13-7-15-25(27)35(33,34)26-16-8-14-22(28(26)30)18-24(32)20-11-5-2-6-12-20;22-17-12-10-15(11-13-17)14-20(21(24)16-6-2-1-3-7-16)27(25,26)19-9-5-4-8-18(19)23/h1-16H,17-18H2;1-14H. The number of allylic oxidation sites excluding steroid dienone is 1. The van der Waals surface area contributed by atoms with E-state index in [1.807, 2.05) is 12.1 Å². The van der Waals surface area contributed by atoms with Crippen molar-refractivity contribution in [1.29, 1.82) is 0 Å². The van der Waals surface area contributed by atoms with Crippen LogP contribution >= 0.6 is 50.7 Å². The molecule has 7 aromatic carbocycles. The summed E-state index contributed by atoms with van der Waals surface area (Å²) in [7, 11) is -8.25. The molecule has 7 aromatic rings. The lowest BCUT2D eigenvalue weighted by Crippen LogP contribution is -2.15. The van der Waals surface area contributed by atoms with Crippen LogP contribution in [0.1, 0.15) is 47.8 Å². The first kappa shape index (κ1) is 46.1. The average molecular weight is 985 g/mol. The van der Waals surface area contributed by atoms with Crippen molar-refractivity contribution in [2.75, 3.05) is 0 Å². The van der Waals surface area contributed by atoms with Crippen molar-refractivity contribution in [3.05, 3.63) is 234 Å². The Hall–Kier alpha value is -5.46. The fourth-order valence-electron chi connectivity index (χ4n) is 6.21. The largest absolute Gasteiger partial charge is 0.294 e. The zero-order valence-corrected chi connectivity index (χ0v) is 37.9. The Bertz CT molecular complexity index is 2910. The first-order valence-electron chi connectivity index (χ1n) is 18.7. The molecule has 0 radical (unpaired) electrons. The van der Waals surface area contributed by atoms with E-state index in [2.05, 4.69) is 15.9 Å². The van der Waals surface area contributed by atoms with Gasteiger partial charge in [-0.2, -0.15) is 0 Å². The van der Waals surface area contributed by atoms with Crippen molar-refractivity contribution in [3.63, 3.8) is 0 Å². The highest BCUT2D eigenvalue weighted by molar-refractivity contribution is 9.10. The molecule has 0 aliphatic rings. The molecular formula is C49H34BrCl3O7S2. The molecule has 312 valence electrons. The van der Waals surface area contributed by atoms with Gasteiger partial charge in [0.05, 0.1) is 29.8 Å². The molecule has 62 heavy (non-hydrogen) atoms. The van der Waals surface area contributed by atoms with Crippen molar-refractivity contribution in [3.8, 4) is 0 Å². The molecule has 0 N–H and O–H groups in total. The number of ketones is 3. The van der Waals surface area contributed by atoms with Crippen LogP contribution in [0.15, 0.2) is 200 Å². The third kappa shape index (κ3) is 10.9. The Morgan fingerprint density at radius 2 is 0.871 bits per heavy atom. The summed E-state index contributed by atoms with van der Waals surface area (Å²) >= 11 is 22.4. The van der Waals surface area contributed by atoms with E-state index in [-0.39, 0.29) is 64.6 Å². The molecule has 0 saturated carbocycles. The average Bonchev–Trinajstić information content (AvgIpc) is 3.28. The zero-order valence-electron chi connectivity index (χ0n) is 32.4. The van der Waals surface area contributed by atoms with Gasteiger partial charge in [-0.1, -0.05) is 190 Å². The quantitative estimate of drug-likeness (QED) is 0.0833. The van der Waals surface area contributed by atoms with E-state index in [1.165, 1.54) is 30.3 Å². The number of benzene rings is 7. The van der Waals surface area contributed by atoms with Crippen LogP contribution in [0.4, 0.5) is 0 Å². The minimum atomic E-state index is -4.13. The molecule has 13 heteroatoms. The molecule has 0 fully saturated rings. The van der Waals surface area contributed by atoms with E-state index >= 15 is 0 Å². The molecule has 0 bridgehead atoms. The van der Waals surface area contributed by atoms with Gasteiger partial charge in [0.15, 0.2) is 11.6 Å². The summed E-state index contributed by atoms with van der Waals surface area (Å²) in [6, 6.07) is 47.9. The van der Waals surface area contributed by atoms with Crippen molar-refractivity contribution in [2.24, 2.45) is 0 Å². The number of sulfone groups is 2. The smallest absolute Gasteiger partial charge is 0.211 e. The van der Waals surface area contributed by atoms with Gasteiger partial charge in [0.2, 0.25) is 25.5 Å². The zero-order chi connectivity index (χ0) is 44.4. The highest BCUT2D eigenvalue weighted by Crippen LogP contribution is 2.36. The Morgan fingerprint density at radius 1 is 0.468 bits per heavy atom. The molecule has 7 rings (SSSR count). The van der Waals surface area contributed by atoms with Gasteiger partial charge >= 0.3 is 0 Å². The van der Waals surface area contributed by atoms with Gasteiger partial charge in [0.25, 0.3) is 0 Å². The second-order valence-corrected chi connectivity index (χ2v) is 19.4. The predicted octanol–water partition coefficient (Wildman–Crippen LogP) is 12.5. The maximum atomic E-state index is 13.6. The Kier molecular flexibility index (Phi) is 15.3. The summed E-state index contributed by atoms with van der Waals surface area (Å²) in [5.74, 6) is -0.943. The lowest BCUT2D eigenvalue weighted by Gasteiger charge is -2.13. The minimum absolute atomic E-state index is 0.0291. The lowest BCUT2D eigenvalue weighted by molar-refractivity contribution is 0.0984. The molecule has 0 atom stereocenters. The topological polar surface area (TPSA) is 119 Å². The van der Waals surface area contributed by atoms with Gasteiger partial charge in [-0.3, -0.25) is 14.4 Å². The van der Waals surface area contributed by atoms with E-state index < -0.39 is 25.5 Å². The van der Waals surface area contributed by atoms with Crippen LogP contribution in [-0.2, 0) is 32.5 Å². The van der Waals surface area contributed by atoms with E-state index in [4.69, 9.17) is 34.8 Å². The van der Waals surface area contributed by atoms with Crippen molar-refractivity contribution in [1.82, 2.24) is 0 Å². The molecule has 0 heterocycles. The van der Waals surface area contributed by atoms with Crippen LogP contribution in [0.5, 0.6) is 0 Å². The van der Waals surface area contributed by atoms with Gasteiger partial charge in [0, 0.05) is 34.0 Å².